The van der Waals surface area contributed by atoms with Crippen LogP contribution in [0.2, 0.25) is 0 Å². The number of amides is 1. The predicted octanol–water partition coefficient (Wildman–Crippen LogP) is 0.804. The number of carbonyl (C=O) groups excluding carboxylic acids is 1. The highest BCUT2D eigenvalue weighted by molar-refractivity contribution is 5.78. The van der Waals surface area contributed by atoms with Gasteiger partial charge in [0.2, 0.25) is 5.91 Å². The van der Waals surface area contributed by atoms with Crippen LogP contribution in [0.15, 0.2) is 18.2 Å². The van der Waals surface area contributed by atoms with E-state index in [1.807, 2.05) is 36.7 Å². The average Bonchev–Trinajstić information content (AvgIpc) is 2.62. The van der Waals surface area contributed by atoms with Gasteiger partial charge < -0.3 is 4.57 Å². The Morgan fingerprint density at radius 2 is 2.29 bits per heavy atom. The summed E-state index contributed by atoms with van der Waals surface area (Å²) in [6.45, 7) is 1.97. The van der Waals surface area contributed by atoms with Crippen LogP contribution in [-0.4, -0.2) is 15.5 Å². The van der Waals surface area contributed by atoms with Crippen LogP contribution in [0.1, 0.15) is 17.8 Å². The minimum Gasteiger partial charge on any atom is -0.331 e. The summed E-state index contributed by atoms with van der Waals surface area (Å²) in [4.78, 5) is 15.5. The van der Waals surface area contributed by atoms with E-state index in [-0.39, 0.29) is 5.91 Å². The monoisotopic (exact) mass is 232 g/mol. The van der Waals surface area contributed by atoms with Crippen molar-refractivity contribution in [3.05, 3.63) is 29.6 Å². The van der Waals surface area contributed by atoms with Crippen molar-refractivity contribution in [1.82, 2.24) is 15.0 Å². The maximum atomic E-state index is 11.1. The molecule has 2 aromatic rings. The fraction of sp³-hybridized carbons (Fsp3) is 0.333. The van der Waals surface area contributed by atoms with Crippen molar-refractivity contribution in [3.8, 4) is 0 Å². The van der Waals surface area contributed by atoms with Crippen molar-refractivity contribution in [2.75, 3.05) is 0 Å². The minimum absolute atomic E-state index is 0.151. The van der Waals surface area contributed by atoms with Crippen molar-refractivity contribution in [1.29, 1.82) is 0 Å². The molecule has 1 aromatic carbocycles. The van der Waals surface area contributed by atoms with Gasteiger partial charge in [0.1, 0.15) is 5.82 Å². The average molecular weight is 232 g/mol. The van der Waals surface area contributed by atoms with Gasteiger partial charge in [-0.1, -0.05) is 6.07 Å². The molecule has 0 aliphatic carbocycles. The highest BCUT2D eigenvalue weighted by Crippen LogP contribution is 2.17. The topological polar surface area (TPSA) is 72.9 Å². The molecular formula is C12H16N4O. The molecule has 1 heterocycles. The second-order valence-corrected chi connectivity index (χ2v) is 4.11. The molecule has 1 amide bonds. The molecular weight excluding hydrogens is 216 g/mol. The van der Waals surface area contributed by atoms with Gasteiger partial charge in [-0.2, -0.15) is 0 Å². The first kappa shape index (κ1) is 11.6. The Kier molecular flexibility index (Phi) is 3.10. The van der Waals surface area contributed by atoms with Crippen LogP contribution >= 0.6 is 0 Å². The number of nitrogens with zero attached hydrogens (tertiary/aromatic N) is 2. The van der Waals surface area contributed by atoms with Crippen LogP contribution in [0.5, 0.6) is 0 Å². The van der Waals surface area contributed by atoms with Crippen LogP contribution in [0.25, 0.3) is 11.0 Å². The number of benzene rings is 1. The van der Waals surface area contributed by atoms with E-state index >= 15 is 0 Å². The van der Waals surface area contributed by atoms with Crippen LogP contribution in [-0.2, 0) is 18.3 Å². The van der Waals surface area contributed by atoms with Gasteiger partial charge in [0, 0.05) is 13.5 Å². The molecule has 0 radical (unpaired) electrons. The lowest BCUT2D eigenvalue weighted by atomic mass is 10.1. The first-order chi connectivity index (χ1) is 8.11. The van der Waals surface area contributed by atoms with Crippen LogP contribution in [0.3, 0.4) is 0 Å². The third kappa shape index (κ3) is 2.29. The Morgan fingerprint density at radius 3 is 3.00 bits per heavy atom. The van der Waals surface area contributed by atoms with E-state index in [4.69, 9.17) is 5.84 Å². The van der Waals surface area contributed by atoms with Gasteiger partial charge in [-0.05, 0) is 31.0 Å². The summed E-state index contributed by atoms with van der Waals surface area (Å²) in [5, 5.41) is 0. The molecule has 0 atom stereocenters. The molecule has 0 bridgehead atoms. The zero-order valence-electron chi connectivity index (χ0n) is 10.0. The second-order valence-electron chi connectivity index (χ2n) is 4.11. The van der Waals surface area contributed by atoms with Gasteiger partial charge in [0.25, 0.3) is 0 Å². The number of imidazole rings is 1. The number of nitrogens with one attached hydrogen (secondary N) is 1. The highest BCUT2D eigenvalue weighted by Gasteiger charge is 2.06. The van der Waals surface area contributed by atoms with E-state index in [1.165, 1.54) is 0 Å². The minimum atomic E-state index is -0.151. The third-order valence-electron chi connectivity index (χ3n) is 2.97. The molecule has 0 aliphatic rings. The number of aryl methyl sites for hydroxylation is 3. The summed E-state index contributed by atoms with van der Waals surface area (Å²) >= 11 is 0. The molecule has 2 rings (SSSR count). The van der Waals surface area contributed by atoms with Crippen molar-refractivity contribution in [2.24, 2.45) is 12.9 Å². The maximum absolute atomic E-state index is 11.1. The first-order valence-electron chi connectivity index (χ1n) is 5.53. The molecule has 5 heteroatoms. The van der Waals surface area contributed by atoms with Crippen molar-refractivity contribution < 1.29 is 4.79 Å². The van der Waals surface area contributed by atoms with Gasteiger partial charge in [-0.25, -0.2) is 10.8 Å². The summed E-state index contributed by atoms with van der Waals surface area (Å²) in [6.07, 6.45) is 1.07. The van der Waals surface area contributed by atoms with Gasteiger partial charge in [-0.15, -0.1) is 0 Å². The highest BCUT2D eigenvalue weighted by atomic mass is 16.2. The van der Waals surface area contributed by atoms with E-state index in [0.717, 1.165) is 22.4 Å². The SMILES string of the molecule is Cc1nc2cc(CCC(=O)NN)ccc2n1C. The number of aromatic nitrogens is 2. The molecule has 0 unspecified atom stereocenters. The molecule has 0 aliphatic heterocycles. The summed E-state index contributed by atoms with van der Waals surface area (Å²) in [7, 11) is 1.99. The normalized spacial score (nSPS) is 10.8. The Balaban J connectivity index is 2.23. The lowest BCUT2D eigenvalue weighted by molar-refractivity contribution is -0.121. The summed E-state index contributed by atoms with van der Waals surface area (Å²) in [6, 6.07) is 6.07. The van der Waals surface area contributed by atoms with E-state index in [0.29, 0.717) is 12.8 Å². The van der Waals surface area contributed by atoms with Gasteiger partial charge in [0.15, 0.2) is 0 Å². The van der Waals surface area contributed by atoms with Crippen molar-refractivity contribution in [3.63, 3.8) is 0 Å². The number of nitrogens with two attached hydrogens (primary N) is 1. The Hall–Kier alpha value is -1.88. The molecule has 0 saturated heterocycles. The largest absolute Gasteiger partial charge is 0.331 e. The van der Waals surface area contributed by atoms with Gasteiger partial charge >= 0.3 is 0 Å². The van der Waals surface area contributed by atoms with E-state index in [2.05, 4.69) is 10.4 Å². The predicted molar refractivity (Wildman–Crippen MR) is 66.1 cm³/mol. The molecule has 3 N–H and O–H groups in total. The standard InChI is InChI=1S/C12H16N4O/c1-8-14-10-7-9(4-6-12(17)15-13)3-5-11(10)16(8)2/h3,5,7H,4,6,13H2,1-2H3,(H,15,17). The number of hydrogen-bond acceptors (Lipinski definition) is 3. The number of hydrazine groups is 1. The van der Waals surface area contributed by atoms with Crippen LogP contribution in [0, 0.1) is 6.92 Å². The zero-order valence-corrected chi connectivity index (χ0v) is 10.0. The number of carbonyl (C=O) groups is 1. The fourth-order valence-corrected chi connectivity index (χ4v) is 1.85. The first-order valence-corrected chi connectivity index (χ1v) is 5.53. The molecule has 0 fully saturated rings. The molecule has 0 saturated carbocycles. The molecule has 0 spiro atoms. The fourth-order valence-electron chi connectivity index (χ4n) is 1.85. The quantitative estimate of drug-likeness (QED) is 0.467. The van der Waals surface area contributed by atoms with Crippen molar-refractivity contribution >= 4 is 16.9 Å². The van der Waals surface area contributed by atoms with Gasteiger partial charge in [-0.3, -0.25) is 10.2 Å². The number of hydrogen-bond donors (Lipinski definition) is 2. The number of fused-ring (bicyclic) bond motifs is 1. The van der Waals surface area contributed by atoms with E-state index in [9.17, 15) is 4.79 Å². The van der Waals surface area contributed by atoms with Crippen molar-refractivity contribution in [2.45, 2.75) is 19.8 Å². The lowest BCUT2D eigenvalue weighted by Gasteiger charge is -2.01. The Morgan fingerprint density at radius 1 is 1.53 bits per heavy atom. The molecule has 90 valence electrons. The smallest absolute Gasteiger partial charge is 0.234 e. The third-order valence-corrected chi connectivity index (χ3v) is 2.97. The lowest BCUT2D eigenvalue weighted by Crippen LogP contribution is -2.30. The molecule has 5 nitrogen and oxygen atoms in total. The zero-order chi connectivity index (χ0) is 12.4. The Bertz CT molecular complexity index is 559. The summed E-state index contributed by atoms with van der Waals surface area (Å²) in [5.41, 5.74) is 5.30. The summed E-state index contributed by atoms with van der Waals surface area (Å²) < 4.78 is 2.05. The summed E-state index contributed by atoms with van der Waals surface area (Å²) in [5.74, 6) is 5.87. The second kappa shape index (κ2) is 4.55. The van der Waals surface area contributed by atoms with E-state index in [1.54, 1.807) is 0 Å². The van der Waals surface area contributed by atoms with E-state index < -0.39 is 0 Å². The molecule has 17 heavy (non-hydrogen) atoms. The number of rotatable bonds is 3. The van der Waals surface area contributed by atoms with Gasteiger partial charge in [0.05, 0.1) is 11.0 Å². The maximum Gasteiger partial charge on any atom is 0.234 e. The Labute approximate surface area is 99.6 Å². The van der Waals surface area contributed by atoms with Crippen LogP contribution < -0.4 is 11.3 Å². The van der Waals surface area contributed by atoms with Crippen LogP contribution in [0.4, 0.5) is 0 Å². The molecule has 1 aromatic heterocycles.